The van der Waals surface area contributed by atoms with Crippen molar-refractivity contribution in [3.63, 3.8) is 0 Å². The fraction of sp³-hybridized carbons (Fsp3) is 0.444. The van der Waals surface area contributed by atoms with Crippen molar-refractivity contribution in [1.29, 1.82) is 0 Å². The molecule has 5 nitrogen and oxygen atoms in total. The molecule has 0 saturated heterocycles. The SMILES string of the molecule is CNC(=O)c1cc(S(=O)(=O)Cl)cn1C(C)C. The van der Waals surface area contributed by atoms with Crippen LogP contribution in [0.15, 0.2) is 17.2 Å². The molecule has 0 radical (unpaired) electrons. The van der Waals surface area contributed by atoms with Gasteiger partial charge in [0, 0.05) is 30.0 Å². The lowest BCUT2D eigenvalue weighted by atomic mass is 10.3. The summed E-state index contributed by atoms with van der Waals surface area (Å²) in [6.07, 6.45) is 1.36. The highest BCUT2D eigenvalue weighted by molar-refractivity contribution is 8.13. The van der Waals surface area contributed by atoms with Crippen molar-refractivity contribution < 1.29 is 13.2 Å². The lowest BCUT2D eigenvalue weighted by molar-refractivity contribution is 0.0952. The van der Waals surface area contributed by atoms with E-state index < -0.39 is 9.05 Å². The molecule has 0 spiro atoms. The molecular formula is C9H13ClN2O3S. The molecule has 0 atom stereocenters. The Bertz CT molecular complexity index is 505. The summed E-state index contributed by atoms with van der Waals surface area (Å²) in [5.41, 5.74) is 0.275. The molecule has 1 heterocycles. The Balaban J connectivity index is 3.37. The van der Waals surface area contributed by atoms with Gasteiger partial charge < -0.3 is 9.88 Å². The van der Waals surface area contributed by atoms with Gasteiger partial charge in [-0.2, -0.15) is 0 Å². The number of halogens is 1. The number of hydrogen-bond acceptors (Lipinski definition) is 3. The van der Waals surface area contributed by atoms with Crippen molar-refractivity contribution in [2.24, 2.45) is 0 Å². The number of hydrogen-bond donors (Lipinski definition) is 1. The summed E-state index contributed by atoms with van der Waals surface area (Å²) >= 11 is 0. The lowest BCUT2D eigenvalue weighted by Gasteiger charge is -2.11. The fourth-order valence-electron chi connectivity index (χ4n) is 1.32. The van der Waals surface area contributed by atoms with Gasteiger partial charge >= 0.3 is 0 Å². The second-order valence-corrected chi connectivity index (χ2v) is 6.14. The molecule has 1 rings (SSSR count). The summed E-state index contributed by atoms with van der Waals surface area (Å²) in [4.78, 5) is 11.4. The van der Waals surface area contributed by atoms with Crippen molar-refractivity contribution in [2.45, 2.75) is 24.8 Å². The molecule has 0 aliphatic carbocycles. The normalized spacial score (nSPS) is 11.8. The van der Waals surface area contributed by atoms with Crippen LogP contribution in [0.25, 0.3) is 0 Å². The van der Waals surface area contributed by atoms with E-state index in [1.807, 2.05) is 13.8 Å². The largest absolute Gasteiger partial charge is 0.354 e. The van der Waals surface area contributed by atoms with Crippen molar-refractivity contribution in [3.8, 4) is 0 Å². The highest BCUT2D eigenvalue weighted by Gasteiger charge is 2.20. The maximum atomic E-state index is 11.5. The predicted octanol–water partition coefficient (Wildman–Crippen LogP) is 1.36. The Morgan fingerprint density at radius 1 is 1.50 bits per heavy atom. The van der Waals surface area contributed by atoms with Crippen LogP contribution in [0.4, 0.5) is 0 Å². The van der Waals surface area contributed by atoms with Gasteiger partial charge in [-0.3, -0.25) is 4.79 Å². The number of amides is 1. The Kier molecular flexibility index (Phi) is 3.64. The number of nitrogens with one attached hydrogen (secondary N) is 1. The van der Waals surface area contributed by atoms with Crippen LogP contribution >= 0.6 is 10.7 Å². The summed E-state index contributed by atoms with van der Waals surface area (Å²) in [5.74, 6) is -0.347. The predicted molar refractivity (Wildman–Crippen MR) is 61.2 cm³/mol. The van der Waals surface area contributed by atoms with Gasteiger partial charge in [-0.1, -0.05) is 0 Å². The van der Waals surface area contributed by atoms with E-state index >= 15 is 0 Å². The molecule has 1 aromatic rings. The van der Waals surface area contributed by atoms with Gasteiger partial charge in [-0.05, 0) is 19.9 Å². The van der Waals surface area contributed by atoms with E-state index in [9.17, 15) is 13.2 Å². The van der Waals surface area contributed by atoms with Crippen LogP contribution in [0.1, 0.15) is 30.4 Å². The van der Waals surface area contributed by atoms with E-state index in [2.05, 4.69) is 5.32 Å². The van der Waals surface area contributed by atoms with Gasteiger partial charge in [0.1, 0.15) is 10.6 Å². The van der Waals surface area contributed by atoms with Crippen LogP contribution in [0.5, 0.6) is 0 Å². The Morgan fingerprint density at radius 2 is 2.06 bits per heavy atom. The van der Waals surface area contributed by atoms with Gasteiger partial charge in [0.05, 0.1) is 0 Å². The summed E-state index contributed by atoms with van der Waals surface area (Å²) in [7, 11) is 2.90. The number of carbonyl (C=O) groups excluding carboxylic acids is 1. The van der Waals surface area contributed by atoms with Gasteiger partial charge in [0.15, 0.2) is 0 Å². The summed E-state index contributed by atoms with van der Waals surface area (Å²) in [6, 6.07) is 1.24. The molecule has 0 fully saturated rings. The first-order valence-corrected chi connectivity index (χ1v) is 6.97. The zero-order chi connectivity index (χ0) is 12.5. The number of rotatable bonds is 3. The molecular weight excluding hydrogens is 252 g/mol. The average molecular weight is 265 g/mol. The monoisotopic (exact) mass is 264 g/mol. The number of aromatic nitrogens is 1. The number of carbonyl (C=O) groups is 1. The maximum Gasteiger partial charge on any atom is 0.267 e. The first-order valence-electron chi connectivity index (χ1n) is 4.66. The van der Waals surface area contributed by atoms with Crippen LogP contribution in [0, 0.1) is 0 Å². The maximum absolute atomic E-state index is 11.5. The van der Waals surface area contributed by atoms with E-state index in [1.54, 1.807) is 4.57 Å². The third-order valence-corrected chi connectivity index (χ3v) is 3.44. The molecule has 0 aliphatic heterocycles. The lowest BCUT2D eigenvalue weighted by Crippen LogP contribution is -2.22. The van der Waals surface area contributed by atoms with Gasteiger partial charge in [-0.25, -0.2) is 8.42 Å². The molecule has 90 valence electrons. The standard InChI is InChI=1S/C9H13ClN2O3S/c1-6(2)12-5-7(16(10,14)15)4-8(12)9(13)11-3/h4-6H,1-3H3,(H,11,13). The van der Waals surface area contributed by atoms with Crippen LogP contribution in [-0.4, -0.2) is 25.9 Å². The minimum atomic E-state index is -3.81. The van der Waals surface area contributed by atoms with Crippen LogP contribution in [-0.2, 0) is 9.05 Å². The van der Waals surface area contributed by atoms with E-state index in [-0.39, 0.29) is 22.5 Å². The minimum absolute atomic E-state index is 0.0283. The molecule has 0 bridgehead atoms. The van der Waals surface area contributed by atoms with E-state index in [0.29, 0.717) is 0 Å². The minimum Gasteiger partial charge on any atom is -0.354 e. The summed E-state index contributed by atoms with van der Waals surface area (Å²) in [5, 5.41) is 2.44. The quantitative estimate of drug-likeness (QED) is 0.838. The first kappa shape index (κ1) is 13.1. The molecule has 7 heteroatoms. The van der Waals surface area contributed by atoms with E-state index in [0.717, 1.165) is 0 Å². The topological polar surface area (TPSA) is 68.2 Å². The zero-order valence-electron chi connectivity index (χ0n) is 9.19. The van der Waals surface area contributed by atoms with Crippen molar-refractivity contribution in [3.05, 3.63) is 18.0 Å². The second-order valence-electron chi connectivity index (χ2n) is 3.58. The average Bonchev–Trinajstić information content (AvgIpc) is 2.60. The Morgan fingerprint density at radius 3 is 2.44 bits per heavy atom. The first-order chi connectivity index (χ1) is 7.27. The fourth-order valence-corrected chi connectivity index (χ4v) is 2.07. The zero-order valence-corrected chi connectivity index (χ0v) is 10.8. The van der Waals surface area contributed by atoms with Gasteiger partial charge in [-0.15, -0.1) is 0 Å². The van der Waals surface area contributed by atoms with Gasteiger partial charge in [0.25, 0.3) is 15.0 Å². The molecule has 1 N–H and O–H groups in total. The second kappa shape index (κ2) is 4.47. The summed E-state index contributed by atoms with van der Waals surface area (Å²) in [6.45, 7) is 3.69. The van der Waals surface area contributed by atoms with E-state index in [4.69, 9.17) is 10.7 Å². The highest BCUT2D eigenvalue weighted by atomic mass is 35.7. The molecule has 1 aromatic heterocycles. The Hall–Kier alpha value is -1.01. The van der Waals surface area contributed by atoms with Crippen molar-refractivity contribution >= 4 is 25.6 Å². The van der Waals surface area contributed by atoms with Gasteiger partial charge in [0.2, 0.25) is 0 Å². The summed E-state index contributed by atoms with van der Waals surface area (Å²) < 4.78 is 23.9. The Labute approximate surface area is 98.8 Å². The van der Waals surface area contributed by atoms with Crippen molar-refractivity contribution in [1.82, 2.24) is 9.88 Å². The van der Waals surface area contributed by atoms with E-state index in [1.165, 1.54) is 19.3 Å². The van der Waals surface area contributed by atoms with Crippen molar-refractivity contribution in [2.75, 3.05) is 7.05 Å². The van der Waals surface area contributed by atoms with Crippen LogP contribution in [0.2, 0.25) is 0 Å². The molecule has 0 unspecified atom stereocenters. The molecule has 0 aromatic carbocycles. The molecule has 16 heavy (non-hydrogen) atoms. The van der Waals surface area contributed by atoms with Crippen LogP contribution < -0.4 is 5.32 Å². The van der Waals surface area contributed by atoms with Crippen LogP contribution in [0.3, 0.4) is 0 Å². The number of nitrogens with zero attached hydrogens (tertiary/aromatic N) is 1. The smallest absolute Gasteiger partial charge is 0.267 e. The molecule has 0 aliphatic rings. The highest BCUT2D eigenvalue weighted by Crippen LogP contribution is 2.21. The molecule has 0 saturated carbocycles. The molecule has 1 amide bonds. The third-order valence-electron chi connectivity index (χ3n) is 2.12. The third kappa shape index (κ3) is 2.56.